The van der Waals surface area contributed by atoms with Gasteiger partial charge < -0.3 is 5.11 Å². The van der Waals surface area contributed by atoms with Gasteiger partial charge in [0.2, 0.25) is 0 Å². The molecule has 1 atom stereocenters. The molecule has 2 nitrogen and oxygen atoms in total. The first kappa shape index (κ1) is 14.0. The fourth-order valence-electron chi connectivity index (χ4n) is 2.23. The molecule has 0 aromatic heterocycles. The van der Waals surface area contributed by atoms with Crippen LogP contribution >= 0.6 is 0 Å². The quantitative estimate of drug-likeness (QED) is 0.840. The topological polar surface area (TPSA) is 23.5 Å². The van der Waals surface area contributed by atoms with Gasteiger partial charge in [0.1, 0.15) is 5.75 Å². The van der Waals surface area contributed by atoms with E-state index in [0.717, 1.165) is 24.2 Å². The van der Waals surface area contributed by atoms with Crippen molar-refractivity contribution in [1.29, 1.82) is 0 Å². The molecule has 0 heterocycles. The van der Waals surface area contributed by atoms with Gasteiger partial charge in [-0.25, -0.2) is 0 Å². The van der Waals surface area contributed by atoms with Crippen LogP contribution in [0.2, 0.25) is 0 Å². The molecule has 0 amide bonds. The monoisotopic (exact) mass is 235 g/mol. The number of nitrogens with zero attached hydrogens (tertiary/aromatic N) is 1. The van der Waals surface area contributed by atoms with Crippen molar-refractivity contribution in [1.82, 2.24) is 4.90 Å². The van der Waals surface area contributed by atoms with E-state index in [4.69, 9.17) is 0 Å². The summed E-state index contributed by atoms with van der Waals surface area (Å²) in [5.41, 5.74) is 2.13. The fourth-order valence-corrected chi connectivity index (χ4v) is 2.23. The van der Waals surface area contributed by atoms with Crippen LogP contribution < -0.4 is 0 Å². The zero-order valence-electron chi connectivity index (χ0n) is 11.7. The molecular formula is C15H25NO. The van der Waals surface area contributed by atoms with Crippen molar-refractivity contribution in [3.63, 3.8) is 0 Å². The highest BCUT2D eigenvalue weighted by Crippen LogP contribution is 2.29. The third kappa shape index (κ3) is 3.74. The summed E-state index contributed by atoms with van der Waals surface area (Å²) in [7, 11) is 0. The maximum absolute atomic E-state index is 10.0. The van der Waals surface area contributed by atoms with E-state index in [2.05, 4.69) is 38.7 Å². The lowest BCUT2D eigenvalue weighted by Gasteiger charge is -2.30. The van der Waals surface area contributed by atoms with Crippen LogP contribution in [0.4, 0.5) is 0 Å². The van der Waals surface area contributed by atoms with Gasteiger partial charge >= 0.3 is 0 Å². The lowest BCUT2D eigenvalue weighted by molar-refractivity contribution is 0.194. The average molecular weight is 235 g/mol. The van der Waals surface area contributed by atoms with E-state index in [9.17, 15) is 5.11 Å². The summed E-state index contributed by atoms with van der Waals surface area (Å²) in [5.74, 6) is 1.06. The Kier molecular flexibility index (Phi) is 5.01. The first-order valence-corrected chi connectivity index (χ1v) is 6.49. The number of benzene rings is 1. The van der Waals surface area contributed by atoms with E-state index < -0.39 is 0 Å². The summed E-state index contributed by atoms with van der Waals surface area (Å²) in [6.07, 6.45) is 0. The Labute approximate surface area is 105 Å². The Hall–Kier alpha value is -1.02. The highest BCUT2D eigenvalue weighted by Gasteiger charge is 2.17. The molecular weight excluding hydrogens is 210 g/mol. The molecule has 17 heavy (non-hydrogen) atoms. The smallest absolute Gasteiger partial charge is 0.120 e. The number of hydrogen-bond acceptors (Lipinski definition) is 2. The summed E-state index contributed by atoms with van der Waals surface area (Å²) in [5, 5.41) is 10.0. The van der Waals surface area contributed by atoms with Gasteiger partial charge in [-0.05, 0) is 37.9 Å². The van der Waals surface area contributed by atoms with Crippen molar-refractivity contribution in [3.05, 3.63) is 29.3 Å². The molecule has 0 fully saturated rings. The zero-order chi connectivity index (χ0) is 13.0. The van der Waals surface area contributed by atoms with Crippen LogP contribution in [0.15, 0.2) is 18.2 Å². The zero-order valence-corrected chi connectivity index (χ0v) is 11.7. The number of aromatic hydroxyl groups is 1. The molecule has 0 aliphatic carbocycles. The Morgan fingerprint density at radius 2 is 1.88 bits per heavy atom. The molecule has 0 bridgehead atoms. The van der Waals surface area contributed by atoms with Crippen LogP contribution in [0.3, 0.4) is 0 Å². The number of rotatable bonds is 5. The van der Waals surface area contributed by atoms with E-state index in [1.165, 1.54) is 0 Å². The van der Waals surface area contributed by atoms with Gasteiger partial charge in [-0.3, -0.25) is 4.90 Å². The van der Waals surface area contributed by atoms with Gasteiger partial charge in [0.05, 0.1) is 0 Å². The standard InChI is InChI=1S/C15H25NO/c1-6-16(10-11(2)3)13(5)14-8-7-12(4)9-15(14)17/h7-9,11,13,17H,6,10H2,1-5H3. The van der Waals surface area contributed by atoms with Crippen LogP contribution in [0.25, 0.3) is 0 Å². The van der Waals surface area contributed by atoms with Crippen LogP contribution in [0, 0.1) is 12.8 Å². The molecule has 0 saturated carbocycles. The molecule has 96 valence electrons. The molecule has 0 spiro atoms. The average Bonchev–Trinajstić information content (AvgIpc) is 2.24. The van der Waals surface area contributed by atoms with Gasteiger partial charge in [-0.1, -0.05) is 32.9 Å². The Morgan fingerprint density at radius 3 is 2.35 bits per heavy atom. The molecule has 0 aliphatic rings. The Balaban J connectivity index is 2.89. The number of aryl methyl sites for hydroxylation is 1. The summed E-state index contributed by atoms with van der Waals surface area (Å²) in [6.45, 7) is 12.9. The molecule has 1 N–H and O–H groups in total. The SMILES string of the molecule is CCN(CC(C)C)C(C)c1ccc(C)cc1O. The predicted octanol–water partition coefficient (Wildman–Crippen LogP) is 3.74. The van der Waals surface area contributed by atoms with Gasteiger partial charge in [0.15, 0.2) is 0 Å². The number of hydrogen-bond donors (Lipinski definition) is 1. The van der Waals surface area contributed by atoms with Crippen molar-refractivity contribution >= 4 is 0 Å². The number of phenolic OH excluding ortho intramolecular Hbond substituents is 1. The summed E-state index contributed by atoms with van der Waals surface area (Å²) < 4.78 is 0. The predicted molar refractivity (Wildman–Crippen MR) is 73.3 cm³/mol. The van der Waals surface area contributed by atoms with E-state index in [1.54, 1.807) is 0 Å². The highest BCUT2D eigenvalue weighted by atomic mass is 16.3. The first-order valence-electron chi connectivity index (χ1n) is 6.49. The van der Waals surface area contributed by atoms with Crippen LogP contribution in [-0.2, 0) is 0 Å². The van der Waals surface area contributed by atoms with Crippen molar-refractivity contribution in [2.75, 3.05) is 13.1 Å². The second kappa shape index (κ2) is 6.06. The van der Waals surface area contributed by atoms with Crippen LogP contribution in [-0.4, -0.2) is 23.1 Å². The maximum Gasteiger partial charge on any atom is 0.120 e. The lowest BCUT2D eigenvalue weighted by atomic mass is 10.0. The molecule has 1 unspecified atom stereocenters. The van der Waals surface area contributed by atoms with Crippen molar-refractivity contribution in [3.8, 4) is 5.75 Å². The minimum atomic E-state index is 0.267. The first-order chi connectivity index (χ1) is 7.95. The third-order valence-corrected chi connectivity index (χ3v) is 3.19. The van der Waals surface area contributed by atoms with Gasteiger partial charge in [0.25, 0.3) is 0 Å². The molecule has 0 saturated heterocycles. The summed E-state index contributed by atoms with van der Waals surface area (Å²) in [4.78, 5) is 2.40. The second-order valence-electron chi connectivity index (χ2n) is 5.22. The number of phenols is 1. The summed E-state index contributed by atoms with van der Waals surface area (Å²) in [6, 6.07) is 6.21. The Morgan fingerprint density at radius 1 is 1.24 bits per heavy atom. The normalized spacial score (nSPS) is 13.4. The van der Waals surface area contributed by atoms with Crippen LogP contribution in [0.1, 0.15) is 44.9 Å². The van der Waals surface area contributed by atoms with Gasteiger partial charge in [-0.2, -0.15) is 0 Å². The third-order valence-electron chi connectivity index (χ3n) is 3.19. The molecule has 0 radical (unpaired) electrons. The molecule has 0 aliphatic heterocycles. The molecule has 1 aromatic carbocycles. The minimum absolute atomic E-state index is 0.267. The van der Waals surface area contributed by atoms with Crippen LogP contribution in [0.5, 0.6) is 5.75 Å². The molecule has 1 aromatic rings. The lowest BCUT2D eigenvalue weighted by Crippen LogP contribution is -2.30. The molecule has 1 rings (SSSR count). The van der Waals surface area contributed by atoms with Gasteiger partial charge in [0, 0.05) is 18.2 Å². The fraction of sp³-hybridized carbons (Fsp3) is 0.600. The highest BCUT2D eigenvalue weighted by molar-refractivity contribution is 5.37. The largest absolute Gasteiger partial charge is 0.508 e. The molecule has 2 heteroatoms. The van der Waals surface area contributed by atoms with Crippen molar-refractivity contribution in [2.45, 2.75) is 40.7 Å². The second-order valence-corrected chi connectivity index (χ2v) is 5.22. The van der Waals surface area contributed by atoms with Crippen molar-refractivity contribution < 1.29 is 5.11 Å². The van der Waals surface area contributed by atoms with Gasteiger partial charge in [-0.15, -0.1) is 0 Å². The van der Waals surface area contributed by atoms with E-state index in [0.29, 0.717) is 11.7 Å². The van der Waals surface area contributed by atoms with E-state index in [-0.39, 0.29) is 6.04 Å². The minimum Gasteiger partial charge on any atom is -0.508 e. The van der Waals surface area contributed by atoms with E-state index in [1.807, 2.05) is 19.1 Å². The Bertz CT molecular complexity index is 360. The maximum atomic E-state index is 10.0. The summed E-state index contributed by atoms with van der Waals surface area (Å²) >= 11 is 0. The van der Waals surface area contributed by atoms with Crippen molar-refractivity contribution in [2.24, 2.45) is 5.92 Å². The van der Waals surface area contributed by atoms with E-state index >= 15 is 0 Å².